The van der Waals surface area contributed by atoms with E-state index in [1.54, 1.807) is 42.5 Å². The molecule has 2 aromatic carbocycles. The van der Waals surface area contributed by atoms with Crippen LogP contribution in [0.4, 0.5) is 0 Å². The minimum absolute atomic E-state index is 0.279. The van der Waals surface area contributed by atoms with Crippen molar-refractivity contribution in [2.75, 3.05) is 13.7 Å². The summed E-state index contributed by atoms with van der Waals surface area (Å²) in [7, 11) is 1.50. The van der Waals surface area contributed by atoms with Crippen molar-refractivity contribution in [1.29, 1.82) is 0 Å². The summed E-state index contributed by atoms with van der Waals surface area (Å²) in [6, 6.07) is 11.6. The van der Waals surface area contributed by atoms with E-state index < -0.39 is 5.97 Å². The summed E-state index contributed by atoms with van der Waals surface area (Å²) in [5.41, 5.74) is 0.385. The summed E-state index contributed by atoms with van der Waals surface area (Å²) < 4.78 is 17.1. The van der Waals surface area contributed by atoms with Crippen LogP contribution in [0.1, 0.15) is 30.1 Å². The maximum atomic E-state index is 12.4. The number of hydrogen-bond donors (Lipinski definition) is 0. The average Bonchev–Trinajstić information content (AvgIpc) is 2.73. The second kappa shape index (κ2) is 8.98. The largest absolute Gasteiger partial charge is 0.493 e. The molecule has 28 heavy (non-hydrogen) atoms. The lowest BCUT2D eigenvalue weighted by molar-refractivity contribution is 0.0335. The van der Waals surface area contributed by atoms with E-state index in [0.717, 1.165) is 17.5 Å². The predicted molar refractivity (Wildman–Crippen MR) is 103 cm³/mol. The highest BCUT2D eigenvalue weighted by molar-refractivity contribution is 5.90. The first-order chi connectivity index (χ1) is 13.6. The number of hydrogen-bond acceptors (Lipinski definition) is 7. The van der Waals surface area contributed by atoms with Gasteiger partial charge in [0.15, 0.2) is 18.2 Å². The van der Waals surface area contributed by atoms with Crippen LogP contribution in [-0.4, -0.2) is 34.7 Å². The molecule has 0 radical (unpaired) electrons. The number of nitrogens with zero attached hydrogens (tertiary/aromatic N) is 3. The number of fused-ring (bicyclic) bond motifs is 1. The summed E-state index contributed by atoms with van der Waals surface area (Å²) >= 11 is 0. The Balaban J connectivity index is 1.71. The molecule has 3 rings (SSSR count). The van der Waals surface area contributed by atoms with Crippen LogP contribution in [-0.2, 0) is 11.5 Å². The van der Waals surface area contributed by atoms with Crippen LogP contribution < -0.4 is 15.0 Å². The molecular weight excluding hydrogens is 362 g/mol. The Morgan fingerprint density at radius 1 is 1.14 bits per heavy atom. The van der Waals surface area contributed by atoms with Crippen molar-refractivity contribution in [3.8, 4) is 11.5 Å². The van der Waals surface area contributed by atoms with E-state index in [1.165, 1.54) is 7.11 Å². The number of esters is 1. The predicted octanol–water partition coefficient (Wildman–Crippen LogP) is 2.79. The molecule has 0 aliphatic heterocycles. The Bertz CT molecular complexity index is 1030. The fraction of sp³-hybridized carbons (Fsp3) is 0.300. The summed E-state index contributed by atoms with van der Waals surface area (Å²) in [5, 5.41) is 8.15. The number of carbonyl (C=O) groups excluding carboxylic acids is 1. The maximum absolute atomic E-state index is 12.4. The Labute approximate surface area is 161 Å². The smallest absolute Gasteiger partial charge is 0.340 e. The monoisotopic (exact) mass is 383 g/mol. The molecular formula is C20H21N3O5. The second-order valence-electron chi connectivity index (χ2n) is 6.04. The number of rotatable bonds is 8. The van der Waals surface area contributed by atoms with Gasteiger partial charge >= 0.3 is 5.97 Å². The van der Waals surface area contributed by atoms with Crippen molar-refractivity contribution < 1.29 is 19.0 Å². The minimum Gasteiger partial charge on any atom is -0.493 e. The molecule has 0 aliphatic carbocycles. The number of ether oxygens (including phenoxy) is 3. The third-order valence-electron chi connectivity index (χ3n) is 4.10. The topological polar surface area (TPSA) is 92.5 Å². The molecule has 0 fully saturated rings. The van der Waals surface area contributed by atoms with E-state index in [2.05, 4.69) is 17.2 Å². The molecule has 0 unspecified atom stereocenters. The molecule has 0 amide bonds. The van der Waals surface area contributed by atoms with Gasteiger partial charge in [0.25, 0.3) is 5.56 Å². The molecule has 8 nitrogen and oxygen atoms in total. The minimum atomic E-state index is -0.611. The Morgan fingerprint density at radius 2 is 1.96 bits per heavy atom. The van der Waals surface area contributed by atoms with Gasteiger partial charge in [0.05, 0.1) is 24.7 Å². The standard InChI is InChI=1S/C20H21N3O5/c1-3-4-11-27-17-10-9-14(12-18(17)26-2)20(25)28-13-23-19(24)15-7-5-6-8-16(15)21-22-23/h5-10,12H,3-4,11,13H2,1-2H3. The molecule has 0 saturated heterocycles. The van der Waals surface area contributed by atoms with Crippen LogP contribution in [0, 0.1) is 0 Å². The Kier molecular flexibility index (Phi) is 6.21. The average molecular weight is 383 g/mol. The molecule has 1 heterocycles. The van der Waals surface area contributed by atoms with Gasteiger partial charge in [-0.3, -0.25) is 4.79 Å². The van der Waals surface area contributed by atoms with Gasteiger partial charge in [-0.25, -0.2) is 4.79 Å². The third kappa shape index (κ3) is 4.28. The first-order valence-electron chi connectivity index (χ1n) is 8.94. The molecule has 0 N–H and O–H groups in total. The van der Waals surface area contributed by atoms with Gasteiger partial charge in [0, 0.05) is 0 Å². The summed E-state index contributed by atoms with van der Waals surface area (Å²) in [5.74, 6) is 0.387. The highest BCUT2D eigenvalue weighted by atomic mass is 16.5. The Morgan fingerprint density at radius 3 is 2.75 bits per heavy atom. The van der Waals surface area contributed by atoms with Gasteiger partial charge in [-0.05, 0) is 36.8 Å². The summed E-state index contributed by atoms with van der Waals surface area (Å²) in [4.78, 5) is 24.7. The molecule has 0 atom stereocenters. The fourth-order valence-electron chi connectivity index (χ4n) is 2.55. The van der Waals surface area contributed by atoms with Crippen molar-refractivity contribution in [2.24, 2.45) is 0 Å². The van der Waals surface area contributed by atoms with Crippen molar-refractivity contribution in [3.63, 3.8) is 0 Å². The van der Waals surface area contributed by atoms with Crippen molar-refractivity contribution >= 4 is 16.9 Å². The number of benzene rings is 2. The van der Waals surface area contributed by atoms with Crippen LogP contribution >= 0.6 is 0 Å². The van der Waals surface area contributed by atoms with Gasteiger partial charge in [-0.1, -0.05) is 30.7 Å². The second-order valence-corrected chi connectivity index (χ2v) is 6.04. The molecule has 8 heteroatoms. The zero-order chi connectivity index (χ0) is 19.9. The lowest BCUT2D eigenvalue weighted by atomic mass is 10.2. The van der Waals surface area contributed by atoms with Crippen molar-refractivity contribution in [1.82, 2.24) is 15.0 Å². The quantitative estimate of drug-likeness (QED) is 0.436. The zero-order valence-corrected chi connectivity index (χ0v) is 15.8. The van der Waals surface area contributed by atoms with Crippen LogP contribution in [0.3, 0.4) is 0 Å². The highest BCUT2D eigenvalue weighted by Gasteiger charge is 2.14. The van der Waals surface area contributed by atoms with Gasteiger partial charge in [0.1, 0.15) is 5.52 Å². The van der Waals surface area contributed by atoms with Crippen molar-refractivity contribution in [2.45, 2.75) is 26.5 Å². The maximum Gasteiger partial charge on any atom is 0.340 e. The number of aromatic nitrogens is 3. The summed E-state index contributed by atoms with van der Waals surface area (Å²) in [6.07, 6.45) is 1.94. The SMILES string of the molecule is CCCCOc1ccc(C(=O)OCn2nnc3ccccc3c2=O)cc1OC. The van der Waals surface area contributed by atoms with E-state index in [9.17, 15) is 9.59 Å². The van der Waals surface area contributed by atoms with Crippen LogP contribution in [0.15, 0.2) is 47.3 Å². The first kappa shape index (κ1) is 19.3. The number of carbonyl (C=O) groups is 1. The van der Waals surface area contributed by atoms with Gasteiger partial charge in [0.2, 0.25) is 0 Å². The van der Waals surface area contributed by atoms with E-state index in [1.807, 2.05) is 0 Å². The van der Waals surface area contributed by atoms with Crippen LogP contribution in [0.25, 0.3) is 10.9 Å². The summed E-state index contributed by atoms with van der Waals surface area (Å²) in [6.45, 7) is 2.30. The van der Waals surface area contributed by atoms with Crippen LogP contribution in [0.5, 0.6) is 11.5 Å². The lowest BCUT2D eigenvalue weighted by Gasteiger charge is -2.12. The zero-order valence-electron chi connectivity index (χ0n) is 15.8. The van der Waals surface area contributed by atoms with E-state index >= 15 is 0 Å². The van der Waals surface area contributed by atoms with Gasteiger partial charge in [-0.2, -0.15) is 4.68 Å². The molecule has 0 spiro atoms. The fourth-order valence-corrected chi connectivity index (χ4v) is 2.55. The normalized spacial score (nSPS) is 10.6. The van der Waals surface area contributed by atoms with Crippen LogP contribution in [0.2, 0.25) is 0 Å². The molecule has 0 aliphatic rings. The van der Waals surface area contributed by atoms with E-state index in [4.69, 9.17) is 14.2 Å². The molecule has 146 valence electrons. The number of methoxy groups -OCH3 is 1. The van der Waals surface area contributed by atoms with Gasteiger partial charge in [-0.15, -0.1) is 5.10 Å². The Hall–Kier alpha value is -3.42. The third-order valence-corrected chi connectivity index (χ3v) is 4.10. The van der Waals surface area contributed by atoms with E-state index in [-0.39, 0.29) is 17.9 Å². The molecule has 0 bridgehead atoms. The molecule has 1 aromatic heterocycles. The highest BCUT2D eigenvalue weighted by Crippen LogP contribution is 2.28. The molecule has 3 aromatic rings. The number of unbranched alkanes of at least 4 members (excludes halogenated alkanes) is 1. The lowest BCUT2D eigenvalue weighted by Crippen LogP contribution is -2.26. The van der Waals surface area contributed by atoms with Gasteiger partial charge < -0.3 is 14.2 Å². The van der Waals surface area contributed by atoms with E-state index in [0.29, 0.717) is 29.0 Å². The first-order valence-corrected chi connectivity index (χ1v) is 8.94. The van der Waals surface area contributed by atoms with Crippen molar-refractivity contribution in [3.05, 3.63) is 58.4 Å². The molecule has 0 saturated carbocycles.